The van der Waals surface area contributed by atoms with Gasteiger partial charge in [-0.25, -0.2) is 0 Å². The molecule has 2 nitrogen and oxygen atoms in total. The van der Waals surface area contributed by atoms with E-state index in [4.69, 9.17) is 0 Å². The summed E-state index contributed by atoms with van der Waals surface area (Å²) in [5, 5.41) is 0. The van der Waals surface area contributed by atoms with Crippen molar-refractivity contribution in [3.05, 3.63) is 0 Å². The highest BCUT2D eigenvalue weighted by atomic mass is 15.2. The molecule has 1 aliphatic rings. The molecular weight excluding hydrogens is 148 g/mol. The summed E-state index contributed by atoms with van der Waals surface area (Å²) in [4.78, 5) is 4.88. The van der Waals surface area contributed by atoms with Crippen molar-refractivity contribution in [1.82, 2.24) is 9.80 Å². The van der Waals surface area contributed by atoms with Gasteiger partial charge in [0.2, 0.25) is 0 Å². The lowest BCUT2D eigenvalue weighted by Gasteiger charge is -2.21. The SMILES string of the molecule is CC(C)N1CCC(CN(C)C)C1. The van der Waals surface area contributed by atoms with Crippen LogP contribution in [0.25, 0.3) is 0 Å². The molecule has 1 heterocycles. The second kappa shape index (κ2) is 4.24. The summed E-state index contributed by atoms with van der Waals surface area (Å²) in [6.07, 6.45) is 1.39. The zero-order chi connectivity index (χ0) is 9.14. The Labute approximate surface area is 76.5 Å². The first-order valence-corrected chi connectivity index (χ1v) is 4.98. The summed E-state index contributed by atoms with van der Waals surface area (Å²) < 4.78 is 0. The van der Waals surface area contributed by atoms with Crippen LogP contribution in [0.5, 0.6) is 0 Å². The fourth-order valence-electron chi connectivity index (χ4n) is 2.00. The maximum Gasteiger partial charge on any atom is 0.00387 e. The topological polar surface area (TPSA) is 6.48 Å². The van der Waals surface area contributed by atoms with E-state index < -0.39 is 0 Å². The van der Waals surface area contributed by atoms with Crippen molar-refractivity contribution in [1.29, 1.82) is 0 Å². The molecule has 0 N–H and O–H groups in total. The van der Waals surface area contributed by atoms with Crippen molar-refractivity contribution in [2.75, 3.05) is 33.7 Å². The average molecular weight is 170 g/mol. The normalized spacial score (nSPS) is 26.0. The van der Waals surface area contributed by atoms with Gasteiger partial charge in [-0.3, -0.25) is 0 Å². The van der Waals surface area contributed by atoms with Gasteiger partial charge >= 0.3 is 0 Å². The predicted molar refractivity (Wildman–Crippen MR) is 53.4 cm³/mol. The number of nitrogens with zero attached hydrogens (tertiary/aromatic N) is 2. The van der Waals surface area contributed by atoms with E-state index in [2.05, 4.69) is 37.7 Å². The first-order valence-electron chi connectivity index (χ1n) is 4.98. The molecule has 1 fully saturated rings. The Balaban J connectivity index is 2.26. The van der Waals surface area contributed by atoms with Crippen LogP contribution in [0.1, 0.15) is 20.3 Å². The van der Waals surface area contributed by atoms with Crippen molar-refractivity contribution < 1.29 is 0 Å². The van der Waals surface area contributed by atoms with Crippen LogP contribution in [0.2, 0.25) is 0 Å². The Morgan fingerprint density at radius 2 is 2.08 bits per heavy atom. The second-order valence-corrected chi connectivity index (χ2v) is 4.51. The predicted octanol–water partition coefficient (Wildman–Crippen LogP) is 1.28. The van der Waals surface area contributed by atoms with Gasteiger partial charge in [-0.15, -0.1) is 0 Å². The molecule has 2 heteroatoms. The molecule has 0 saturated carbocycles. The molecule has 1 saturated heterocycles. The van der Waals surface area contributed by atoms with Crippen LogP contribution in [-0.2, 0) is 0 Å². The average Bonchev–Trinajstić information content (AvgIpc) is 2.34. The van der Waals surface area contributed by atoms with Crippen molar-refractivity contribution in [3.8, 4) is 0 Å². The van der Waals surface area contributed by atoms with Gasteiger partial charge in [0.25, 0.3) is 0 Å². The minimum atomic E-state index is 0.733. The highest BCUT2D eigenvalue weighted by Gasteiger charge is 2.23. The highest BCUT2D eigenvalue weighted by Crippen LogP contribution is 2.18. The number of likely N-dealkylation sites (tertiary alicyclic amines) is 1. The van der Waals surface area contributed by atoms with E-state index in [-0.39, 0.29) is 0 Å². The van der Waals surface area contributed by atoms with E-state index in [0.29, 0.717) is 0 Å². The number of hydrogen-bond donors (Lipinski definition) is 0. The molecule has 1 atom stereocenters. The fraction of sp³-hybridized carbons (Fsp3) is 1.00. The Hall–Kier alpha value is -0.0800. The monoisotopic (exact) mass is 170 g/mol. The van der Waals surface area contributed by atoms with Crippen LogP contribution in [0, 0.1) is 5.92 Å². The van der Waals surface area contributed by atoms with Crippen molar-refractivity contribution in [2.24, 2.45) is 5.92 Å². The van der Waals surface area contributed by atoms with Gasteiger partial charge in [0, 0.05) is 19.1 Å². The summed E-state index contributed by atoms with van der Waals surface area (Å²) >= 11 is 0. The van der Waals surface area contributed by atoms with Gasteiger partial charge in [0.15, 0.2) is 0 Å². The van der Waals surface area contributed by atoms with Gasteiger partial charge in [0.05, 0.1) is 0 Å². The zero-order valence-electron chi connectivity index (χ0n) is 8.88. The third-order valence-corrected chi connectivity index (χ3v) is 2.67. The lowest BCUT2D eigenvalue weighted by molar-refractivity contribution is 0.250. The maximum absolute atomic E-state index is 2.58. The molecule has 0 aromatic heterocycles. The van der Waals surface area contributed by atoms with Crippen LogP contribution in [0.15, 0.2) is 0 Å². The Kier molecular flexibility index (Phi) is 3.53. The molecule has 1 rings (SSSR count). The largest absolute Gasteiger partial charge is 0.309 e. The van der Waals surface area contributed by atoms with Gasteiger partial charge in [-0.1, -0.05) is 0 Å². The third kappa shape index (κ3) is 2.76. The van der Waals surface area contributed by atoms with E-state index in [9.17, 15) is 0 Å². The fourth-order valence-corrected chi connectivity index (χ4v) is 2.00. The third-order valence-electron chi connectivity index (χ3n) is 2.67. The van der Waals surface area contributed by atoms with E-state index >= 15 is 0 Å². The second-order valence-electron chi connectivity index (χ2n) is 4.51. The minimum absolute atomic E-state index is 0.733. The molecule has 0 aromatic rings. The number of hydrogen-bond acceptors (Lipinski definition) is 2. The van der Waals surface area contributed by atoms with E-state index in [0.717, 1.165) is 12.0 Å². The van der Waals surface area contributed by atoms with Crippen LogP contribution >= 0.6 is 0 Å². The van der Waals surface area contributed by atoms with Gasteiger partial charge in [0.1, 0.15) is 0 Å². The first kappa shape index (κ1) is 10.0. The molecule has 0 spiro atoms. The van der Waals surface area contributed by atoms with Crippen LogP contribution in [0.3, 0.4) is 0 Å². The lowest BCUT2D eigenvalue weighted by atomic mass is 10.1. The Morgan fingerprint density at radius 1 is 1.42 bits per heavy atom. The standard InChI is InChI=1S/C10H22N2/c1-9(2)12-6-5-10(8-12)7-11(3)4/h9-10H,5-8H2,1-4H3. The van der Waals surface area contributed by atoms with Gasteiger partial charge in [-0.05, 0) is 46.8 Å². The molecule has 0 bridgehead atoms. The molecule has 0 aromatic carbocycles. The maximum atomic E-state index is 2.58. The Bertz CT molecular complexity index is 132. The van der Waals surface area contributed by atoms with E-state index in [1.807, 2.05) is 0 Å². The molecule has 0 amide bonds. The molecule has 0 aliphatic carbocycles. The molecule has 72 valence electrons. The summed E-state index contributed by atoms with van der Waals surface area (Å²) in [6.45, 7) is 8.44. The lowest BCUT2D eigenvalue weighted by Crippen LogP contribution is -2.30. The first-order chi connectivity index (χ1) is 5.59. The molecule has 0 radical (unpaired) electrons. The summed E-state index contributed by atoms with van der Waals surface area (Å²) in [5.41, 5.74) is 0. The molecule has 1 unspecified atom stereocenters. The minimum Gasteiger partial charge on any atom is -0.309 e. The number of rotatable bonds is 3. The Morgan fingerprint density at radius 3 is 2.50 bits per heavy atom. The van der Waals surface area contributed by atoms with Crippen LogP contribution in [-0.4, -0.2) is 49.6 Å². The van der Waals surface area contributed by atoms with E-state index in [1.54, 1.807) is 0 Å². The smallest absolute Gasteiger partial charge is 0.00387 e. The molecular formula is C10H22N2. The molecule has 12 heavy (non-hydrogen) atoms. The van der Waals surface area contributed by atoms with Crippen molar-refractivity contribution in [2.45, 2.75) is 26.3 Å². The van der Waals surface area contributed by atoms with Crippen molar-refractivity contribution >= 4 is 0 Å². The quantitative estimate of drug-likeness (QED) is 0.629. The van der Waals surface area contributed by atoms with Gasteiger partial charge in [-0.2, -0.15) is 0 Å². The van der Waals surface area contributed by atoms with Gasteiger partial charge < -0.3 is 9.80 Å². The van der Waals surface area contributed by atoms with Crippen LogP contribution in [0.4, 0.5) is 0 Å². The molecule has 1 aliphatic heterocycles. The van der Waals surface area contributed by atoms with E-state index in [1.165, 1.54) is 26.1 Å². The zero-order valence-corrected chi connectivity index (χ0v) is 8.88. The van der Waals surface area contributed by atoms with Crippen LogP contribution < -0.4 is 0 Å². The summed E-state index contributed by atoms with van der Waals surface area (Å²) in [5.74, 6) is 0.905. The highest BCUT2D eigenvalue weighted by molar-refractivity contribution is 4.78. The summed E-state index contributed by atoms with van der Waals surface area (Å²) in [6, 6.07) is 0.733. The van der Waals surface area contributed by atoms with Crippen molar-refractivity contribution in [3.63, 3.8) is 0 Å². The summed E-state index contributed by atoms with van der Waals surface area (Å²) in [7, 11) is 4.33.